The highest BCUT2D eigenvalue weighted by Gasteiger charge is 2.55. The molecule has 0 amide bonds. The van der Waals surface area contributed by atoms with E-state index in [-0.39, 0.29) is 35.3 Å². The zero-order valence-electron chi connectivity index (χ0n) is 22.1. The minimum Gasteiger partial charge on any atom is -0.748 e. The summed E-state index contributed by atoms with van der Waals surface area (Å²) in [7, 11) is -4.22. The van der Waals surface area contributed by atoms with Crippen LogP contribution in [0.25, 0.3) is 0 Å². The number of rotatable bonds is 8. The molecule has 206 valence electrons. The Balaban J connectivity index is 0.000000158. The van der Waals surface area contributed by atoms with E-state index in [1.807, 2.05) is 0 Å². The molecule has 0 spiro atoms. The van der Waals surface area contributed by atoms with Crippen LogP contribution in [0, 0.1) is 23.2 Å². The molecule has 4 aliphatic rings. The van der Waals surface area contributed by atoms with Gasteiger partial charge in [0, 0.05) is 5.75 Å². The lowest BCUT2D eigenvalue weighted by molar-refractivity contribution is -0.171. The largest absolute Gasteiger partial charge is 0.748 e. The van der Waals surface area contributed by atoms with Gasteiger partial charge in [0.25, 0.3) is 0 Å². The molecule has 0 heterocycles. The van der Waals surface area contributed by atoms with Gasteiger partial charge in [-0.3, -0.25) is 4.79 Å². The summed E-state index contributed by atoms with van der Waals surface area (Å²) >= 11 is 0. The van der Waals surface area contributed by atoms with Crippen molar-refractivity contribution >= 4 is 27.0 Å². The van der Waals surface area contributed by atoms with Crippen LogP contribution in [0.1, 0.15) is 44.9 Å². The van der Waals surface area contributed by atoms with E-state index in [0.29, 0.717) is 17.8 Å². The van der Waals surface area contributed by atoms with Crippen LogP contribution in [0.5, 0.6) is 0 Å². The fourth-order valence-electron chi connectivity index (χ4n) is 6.99. The van der Waals surface area contributed by atoms with Crippen molar-refractivity contribution in [2.45, 2.75) is 59.6 Å². The number of carbonyl (C=O) groups is 1. The summed E-state index contributed by atoms with van der Waals surface area (Å²) in [4.78, 5) is 16.5. The predicted molar refractivity (Wildman–Crippen MR) is 152 cm³/mol. The minimum absolute atomic E-state index is 0.0146. The Morgan fingerprint density at radius 2 is 1.13 bits per heavy atom. The maximum Gasteiger partial charge on any atom is 0.312 e. The van der Waals surface area contributed by atoms with Gasteiger partial charge in [-0.05, 0) is 99.1 Å². The smallest absolute Gasteiger partial charge is 0.312 e. The third-order valence-corrected chi connectivity index (χ3v) is 11.2. The molecule has 0 aromatic heterocycles. The molecule has 4 saturated carbocycles. The Hall–Kier alpha value is -2.61. The summed E-state index contributed by atoms with van der Waals surface area (Å²) in [6.45, 7) is 0.0437. The highest BCUT2D eigenvalue weighted by atomic mass is 32.2. The van der Waals surface area contributed by atoms with Gasteiger partial charge in [-0.15, -0.1) is 0 Å². The lowest BCUT2D eigenvalue weighted by atomic mass is 9.49. The summed E-state index contributed by atoms with van der Waals surface area (Å²) < 4.78 is 36.8. The number of benzene rings is 3. The van der Waals surface area contributed by atoms with E-state index in [2.05, 4.69) is 91.0 Å². The molecule has 0 aliphatic heterocycles. The van der Waals surface area contributed by atoms with E-state index < -0.39 is 15.9 Å². The number of hydrogen-bond donors (Lipinski definition) is 0. The SMILES string of the molecule is O=C(OCCCS(=O)(=O)[O-])C12CC3CC(CC(C3)C1)C2.c1ccc([S+](c2ccccc2)c2ccccc2)cc1. The fourth-order valence-corrected chi connectivity index (χ4v) is 9.57. The Morgan fingerprint density at radius 1 is 0.744 bits per heavy atom. The molecule has 7 rings (SSSR count). The molecule has 4 fully saturated rings. The second-order valence-electron chi connectivity index (χ2n) is 11.2. The van der Waals surface area contributed by atoms with E-state index in [9.17, 15) is 17.8 Å². The quantitative estimate of drug-likeness (QED) is 0.136. The molecule has 0 saturated heterocycles. The van der Waals surface area contributed by atoms with Gasteiger partial charge in [-0.25, -0.2) is 8.42 Å². The van der Waals surface area contributed by atoms with E-state index in [0.717, 1.165) is 19.3 Å². The average Bonchev–Trinajstić information content (AvgIpc) is 2.92. The molecule has 4 aliphatic carbocycles. The van der Waals surface area contributed by atoms with Crippen LogP contribution in [0.4, 0.5) is 0 Å². The molecule has 0 atom stereocenters. The fraction of sp³-hybridized carbons (Fsp3) is 0.406. The number of ether oxygens (including phenoxy) is 1. The van der Waals surface area contributed by atoms with Crippen LogP contribution in [-0.2, 0) is 30.5 Å². The van der Waals surface area contributed by atoms with Gasteiger partial charge in [0.2, 0.25) is 0 Å². The van der Waals surface area contributed by atoms with Crippen molar-refractivity contribution in [2.24, 2.45) is 23.2 Å². The van der Waals surface area contributed by atoms with Gasteiger partial charge in [-0.1, -0.05) is 54.6 Å². The zero-order valence-corrected chi connectivity index (χ0v) is 23.7. The average molecular weight is 565 g/mol. The molecular formula is C32H36O5S2. The van der Waals surface area contributed by atoms with Crippen molar-refractivity contribution < 1.29 is 22.5 Å². The number of carbonyl (C=O) groups excluding carboxylic acids is 1. The highest BCUT2D eigenvalue weighted by Crippen LogP contribution is 2.60. The lowest BCUT2D eigenvalue weighted by Gasteiger charge is -2.55. The highest BCUT2D eigenvalue weighted by molar-refractivity contribution is 7.97. The minimum atomic E-state index is -4.21. The van der Waals surface area contributed by atoms with Gasteiger partial charge in [0.15, 0.2) is 14.7 Å². The van der Waals surface area contributed by atoms with Crippen LogP contribution >= 0.6 is 0 Å². The second-order valence-corrected chi connectivity index (χ2v) is 14.7. The van der Waals surface area contributed by atoms with Crippen molar-refractivity contribution in [3.8, 4) is 0 Å². The summed E-state index contributed by atoms with van der Waals surface area (Å²) in [5.41, 5.74) is -0.301. The van der Waals surface area contributed by atoms with E-state index in [4.69, 9.17) is 4.74 Å². The number of esters is 1. The van der Waals surface area contributed by atoms with Gasteiger partial charge in [0.05, 0.1) is 33.0 Å². The summed E-state index contributed by atoms with van der Waals surface area (Å²) in [5.74, 6) is 1.42. The maximum atomic E-state index is 12.4. The first-order valence-corrected chi connectivity index (χ1v) is 16.6. The normalized spacial score (nSPS) is 25.1. The molecular weight excluding hydrogens is 528 g/mol. The maximum absolute atomic E-state index is 12.4. The van der Waals surface area contributed by atoms with Gasteiger partial charge >= 0.3 is 5.97 Å². The van der Waals surface area contributed by atoms with E-state index in [1.165, 1.54) is 33.9 Å². The molecule has 39 heavy (non-hydrogen) atoms. The van der Waals surface area contributed by atoms with Crippen molar-refractivity contribution in [1.29, 1.82) is 0 Å². The third-order valence-electron chi connectivity index (χ3n) is 8.18. The van der Waals surface area contributed by atoms with Crippen LogP contribution in [0.2, 0.25) is 0 Å². The lowest BCUT2D eigenvalue weighted by Crippen LogP contribution is -2.50. The Labute approximate surface area is 235 Å². The van der Waals surface area contributed by atoms with Crippen LogP contribution in [-0.4, -0.2) is 31.3 Å². The first-order chi connectivity index (χ1) is 18.8. The van der Waals surface area contributed by atoms with E-state index in [1.54, 1.807) is 0 Å². The Morgan fingerprint density at radius 3 is 1.49 bits per heavy atom. The molecule has 4 bridgehead atoms. The van der Waals surface area contributed by atoms with Crippen LogP contribution in [0.3, 0.4) is 0 Å². The summed E-state index contributed by atoms with van der Waals surface area (Å²) in [5, 5.41) is 0. The zero-order chi connectivity index (χ0) is 27.3. The predicted octanol–water partition coefficient (Wildman–Crippen LogP) is 6.46. The standard InChI is InChI=1S/C18H15S.C14H22O5S/c1-4-10-16(11-5-1)19(17-12-6-2-7-13-17)18-14-8-3-9-15-18;15-13(19-2-1-3-20(16,17)18)14-7-10-4-11(8-14)6-12(5-10)9-14/h1-15H;10-12H,1-9H2,(H,16,17,18)/q+1;/p-1. The topological polar surface area (TPSA) is 83.5 Å². The van der Waals surface area contributed by atoms with Gasteiger partial charge in [-0.2, -0.15) is 0 Å². The van der Waals surface area contributed by atoms with Gasteiger partial charge in [0.1, 0.15) is 0 Å². The summed E-state index contributed by atoms with van der Waals surface area (Å²) in [6, 6.07) is 32.2. The molecule has 0 N–H and O–H groups in total. The Bertz CT molecular complexity index is 1200. The molecule has 7 heteroatoms. The van der Waals surface area contributed by atoms with Crippen molar-refractivity contribution in [3.05, 3.63) is 91.0 Å². The first-order valence-electron chi connectivity index (χ1n) is 13.8. The van der Waals surface area contributed by atoms with E-state index >= 15 is 0 Å². The molecule has 0 unspecified atom stereocenters. The monoisotopic (exact) mass is 564 g/mol. The molecule has 3 aromatic rings. The summed E-state index contributed by atoms with van der Waals surface area (Å²) in [6.07, 6.45) is 6.72. The van der Waals surface area contributed by atoms with Crippen molar-refractivity contribution in [1.82, 2.24) is 0 Å². The third kappa shape index (κ3) is 7.13. The first kappa shape index (κ1) is 27.9. The Kier molecular flexibility index (Phi) is 8.79. The van der Waals surface area contributed by atoms with Crippen LogP contribution in [0.15, 0.2) is 106 Å². The molecule has 0 radical (unpaired) electrons. The van der Waals surface area contributed by atoms with Crippen LogP contribution < -0.4 is 0 Å². The molecule has 3 aromatic carbocycles. The van der Waals surface area contributed by atoms with Gasteiger partial charge < -0.3 is 9.29 Å². The van der Waals surface area contributed by atoms with Crippen molar-refractivity contribution in [3.63, 3.8) is 0 Å². The number of hydrogen-bond acceptors (Lipinski definition) is 5. The molecule has 5 nitrogen and oxygen atoms in total. The van der Waals surface area contributed by atoms with Crippen molar-refractivity contribution in [2.75, 3.05) is 12.4 Å². The second kappa shape index (κ2) is 12.3.